The van der Waals surface area contributed by atoms with Crippen molar-refractivity contribution in [1.29, 1.82) is 0 Å². The van der Waals surface area contributed by atoms with E-state index in [2.05, 4.69) is 9.72 Å². The van der Waals surface area contributed by atoms with E-state index in [-0.39, 0.29) is 13.2 Å². The highest BCUT2D eigenvalue weighted by Crippen LogP contribution is 1.98. The van der Waals surface area contributed by atoms with E-state index < -0.39 is 5.97 Å². The summed E-state index contributed by atoms with van der Waals surface area (Å²) in [7, 11) is 0. The van der Waals surface area contributed by atoms with Gasteiger partial charge in [0.2, 0.25) is 0 Å². The Morgan fingerprint density at radius 3 is 3.09 bits per heavy atom. The van der Waals surface area contributed by atoms with Gasteiger partial charge in [-0.3, -0.25) is 0 Å². The predicted molar refractivity (Wildman–Crippen MR) is 38.2 cm³/mol. The number of nitrogens with one attached hydrogen (secondary N) is 1. The van der Waals surface area contributed by atoms with Crippen LogP contribution in [0, 0.1) is 0 Å². The van der Waals surface area contributed by atoms with E-state index in [0.717, 1.165) is 0 Å². The average molecular weight is 155 g/mol. The summed E-state index contributed by atoms with van der Waals surface area (Å²) in [6.45, 7) is -0.0970. The lowest BCUT2D eigenvalue weighted by molar-refractivity contribution is 0.0434. The number of rotatable bonds is 3. The Bertz CT molecular complexity index is 218. The first-order chi connectivity index (χ1) is 5.34. The Kier molecular flexibility index (Phi) is 2.68. The molecule has 4 heteroatoms. The number of carbonyl (C=O) groups excluding carboxylic acids is 1. The number of aromatic nitrogens is 1. The number of esters is 1. The number of hydrogen-bond acceptors (Lipinski definition) is 3. The summed E-state index contributed by atoms with van der Waals surface area (Å²) in [6.07, 6.45) is 3.18. The largest absolute Gasteiger partial charge is 0.460 e. The van der Waals surface area contributed by atoms with Gasteiger partial charge < -0.3 is 14.8 Å². The van der Waals surface area contributed by atoms with Crippen LogP contribution in [0.3, 0.4) is 0 Å². The highest BCUT2D eigenvalue weighted by Gasteiger charge is 2.04. The van der Waals surface area contributed by atoms with Gasteiger partial charge in [-0.1, -0.05) is 0 Å². The summed E-state index contributed by atoms with van der Waals surface area (Å²) in [4.78, 5) is 13.6. The zero-order valence-corrected chi connectivity index (χ0v) is 5.91. The number of aromatic amines is 1. The van der Waals surface area contributed by atoms with Crippen LogP contribution in [0.25, 0.3) is 0 Å². The molecule has 4 nitrogen and oxygen atoms in total. The second-order valence-corrected chi connectivity index (χ2v) is 1.96. The van der Waals surface area contributed by atoms with Crippen LogP contribution in [0.4, 0.5) is 0 Å². The SMILES string of the molecule is O=C(OCCO)c1cc[nH]c1. The van der Waals surface area contributed by atoms with Crippen LogP contribution in [0.15, 0.2) is 18.5 Å². The van der Waals surface area contributed by atoms with Gasteiger partial charge in [-0.05, 0) is 6.07 Å². The molecule has 0 aromatic carbocycles. The third kappa shape index (κ3) is 2.09. The number of aliphatic hydroxyl groups is 1. The van der Waals surface area contributed by atoms with Crippen LogP contribution in [-0.2, 0) is 4.74 Å². The molecule has 0 amide bonds. The van der Waals surface area contributed by atoms with Gasteiger partial charge in [-0.15, -0.1) is 0 Å². The van der Waals surface area contributed by atoms with Crippen molar-refractivity contribution in [3.8, 4) is 0 Å². The summed E-state index contributed by atoms with van der Waals surface area (Å²) in [5.74, 6) is -0.416. The molecular weight excluding hydrogens is 146 g/mol. The average Bonchev–Trinajstić information content (AvgIpc) is 2.52. The molecule has 0 radical (unpaired) electrons. The fourth-order valence-corrected chi connectivity index (χ4v) is 0.673. The Morgan fingerprint density at radius 1 is 1.73 bits per heavy atom. The van der Waals surface area contributed by atoms with E-state index in [4.69, 9.17) is 5.11 Å². The monoisotopic (exact) mass is 155 g/mol. The first-order valence-electron chi connectivity index (χ1n) is 3.25. The number of aliphatic hydroxyl groups excluding tert-OH is 1. The minimum Gasteiger partial charge on any atom is -0.460 e. The first-order valence-corrected chi connectivity index (χ1v) is 3.25. The van der Waals surface area contributed by atoms with Crippen LogP contribution in [0.2, 0.25) is 0 Å². The molecule has 1 aromatic rings. The lowest BCUT2D eigenvalue weighted by Gasteiger charge is -1.98. The predicted octanol–water partition coefficient (Wildman–Crippen LogP) is 0.164. The van der Waals surface area contributed by atoms with Crippen molar-refractivity contribution in [2.24, 2.45) is 0 Å². The summed E-state index contributed by atoms with van der Waals surface area (Å²) in [5.41, 5.74) is 0.471. The third-order valence-electron chi connectivity index (χ3n) is 1.16. The minimum atomic E-state index is -0.416. The standard InChI is InChI=1S/C7H9NO3/c9-3-4-11-7(10)6-1-2-8-5-6/h1-2,5,8-9H,3-4H2. The number of hydrogen-bond donors (Lipinski definition) is 2. The molecule has 0 aliphatic rings. The van der Waals surface area contributed by atoms with Crippen LogP contribution < -0.4 is 0 Å². The number of H-pyrrole nitrogens is 1. The molecule has 1 heterocycles. The molecule has 11 heavy (non-hydrogen) atoms. The zero-order chi connectivity index (χ0) is 8.10. The van der Waals surface area contributed by atoms with Crippen molar-refractivity contribution in [3.63, 3.8) is 0 Å². The Balaban J connectivity index is 2.43. The van der Waals surface area contributed by atoms with Gasteiger partial charge in [0.25, 0.3) is 0 Å². The van der Waals surface area contributed by atoms with Crippen molar-refractivity contribution in [1.82, 2.24) is 4.98 Å². The van der Waals surface area contributed by atoms with E-state index in [1.165, 1.54) is 0 Å². The van der Waals surface area contributed by atoms with E-state index >= 15 is 0 Å². The molecule has 0 saturated heterocycles. The second kappa shape index (κ2) is 3.78. The zero-order valence-electron chi connectivity index (χ0n) is 5.91. The molecule has 0 aliphatic heterocycles. The van der Waals surface area contributed by atoms with Crippen LogP contribution in [0.1, 0.15) is 10.4 Å². The van der Waals surface area contributed by atoms with Crippen molar-refractivity contribution in [3.05, 3.63) is 24.0 Å². The van der Waals surface area contributed by atoms with E-state index in [0.29, 0.717) is 5.56 Å². The first kappa shape index (κ1) is 7.81. The minimum absolute atomic E-state index is 0.0456. The van der Waals surface area contributed by atoms with E-state index in [1.54, 1.807) is 18.5 Å². The highest BCUT2D eigenvalue weighted by molar-refractivity contribution is 5.89. The molecule has 0 bridgehead atoms. The van der Waals surface area contributed by atoms with Gasteiger partial charge in [-0.2, -0.15) is 0 Å². The number of carbonyl (C=O) groups is 1. The smallest absolute Gasteiger partial charge is 0.339 e. The van der Waals surface area contributed by atoms with Gasteiger partial charge in [0, 0.05) is 12.4 Å². The van der Waals surface area contributed by atoms with Crippen molar-refractivity contribution in [2.45, 2.75) is 0 Å². The van der Waals surface area contributed by atoms with E-state index in [9.17, 15) is 4.79 Å². The molecule has 1 rings (SSSR count). The highest BCUT2D eigenvalue weighted by atomic mass is 16.5. The molecular formula is C7H9NO3. The Morgan fingerprint density at radius 2 is 2.55 bits per heavy atom. The van der Waals surface area contributed by atoms with Crippen molar-refractivity contribution < 1.29 is 14.6 Å². The summed E-state index contributed by atoms with van der Waals surface area (Å²) in [6, 6.07) is 1.61. The van der Waals surface area contributed by atoms with Crippen LogP contribution >= 0.6 is 0 Å². The number of ether oxygens (including phenoxy) is 1. The van der Waals surface area contributed by atoms with Crippen LogP contribution in [-0.4, -0.2) is 29.3 Å². The lowest BCUT2D eigenvalue weighted by Crippen LogP contribution is -2.07. The summed E-state index contributed by atoms with van der Waals surface area (Å²) < 4.78 is 4.63. The van der Waals surface area contributed by atoms with Gasteiger partial charge >= 0.3 is 5.97 Å². The fraction of sp³-hybridized carbons (Fsp3) is 0.286. The molecule has 60 valence electrons. The maximum absolute atomic E-state index is 10.9. The molecule has 0 atom stereocenters. The quantitative estimate of drug-likeness (QED) is 0.611. The van der Waals surface area contributed by atoms with Gasteiger partial charge in [0.1, 0.15) is 6.61 Å². The third-order valence-corrected chi connectivity index (χ3v) is 1.16. The summed E-state index contributed by atoms with van der Waals surface area (Å²) in [5, 5.41) is 8.33. The molecule has 0 fully saturated rings. The Labute approximate surface area is 63.8 Å². The molecule has 1 aromatic heterocycles. The molecule has 0 aliphatic carbocycles. The molecule has 0 spiro atoms. The summed E-state index contributed by atoms with van der Waals surface area (Å²) >= 11 is 0. The Hall–Kier alpha value is -1.29. The lowest BCUT2D eigenvalue weighted by atomic mass is 10.3. The topological polar surface area (TPSA) is 62.3 Å². The molecule has 2 N–H and O–H groups in total. The van der Waals surface area contributed by atoms with Crippen LogP contribution in [0.5, 0.6) is 0 Å². The second-order valence-electron chi connectivity index (χ2n) is 1.96. The maximum atomic E-state index is 10.9. The van der Waals surface area contributed by atoms with Crippen molar-refractivity contribution >= 4 is 5.97 Å². The van der Waals surface area contributed by atoms with Gasteiger partial charge in [0.05, 0.1) is 12.2 Å². The molecule has 0 saturated carbocycles. The van der Waals surface area contributed by atoms with Crippen molar-refractivity contribution in [2.75, 3.05) is 13.2 Å². The van der Waals surface area contributed by atoms with Gasteiger partial charge in [-0.25, -0.2) is 4.79 Å². The van der Waals surface area contributed by atoms with E-state index in [1.807, 2.05) is 0 Å². The molecule has 0 unspecified atom stereocenters. The maximum Gasteiger partial charge on any atom is 0.339 e. The normalized spacial score (nSPS) is 9.55. The van der Waals surface area contributed by atoms with Gasteiger partial charge in [0.15, 0.2) is 0 Å². The fourth-order valence-electron chi connectivity index (χ4n) is 0.673.